The number of fused-ring (bicyclic) bond motifs is 4. The number of carbonyl (C=O) groups excluding carboxylic acids is 2. The van der Waals surface area contributed by atoms with Crippen molar-refractivity contribution in [2.75, 3.05) is 27.3 Å². The fraction of sp³-hybridized carbons (Fsp3) is 0.407. The molecule has 1 saturated heterocycles. The van der Waals surface area contributed by atoms with Crippen LogP contribution in [0, 0.1) is 0 Å². The number of hydrogen-bond acceptors (Lipinski definition) is 4. The first-order chi connectivity index (χ1) is 16.6. The molecule has 0 radical (unpaired) electrons. The van der Waals surface area contributed by atoms with Gasteiger partial charge >= 0.3 is 0 Å². The molecule has 0 spiro atoms. The van der Waals surface area contributed by atoms with Gasteiger partial charge in [0.05, 0.1) is 26.8 Å². The lowest BCUT2D eigenvalue weighted by molar-refractivity contribution is -0.158. The van der Waals surface area contributed by atoms with E-state index in [1.165, 1.54) is 0 Å². The van der Waals surface area contributed by atoms with Crippen molar-refractivity contribution in [1.82, 2.24) is 14.8 Å². The summed E-state index contributed by atoms with van der Waals surface area (Å²) >= 11 is 0. The lowest BCUT2D eigenvalue weighted by atomic mass is 9.86. The first kappa shape index (κ1) is 22.3. The third-order valence-electron chi connectivity index (χ3n) is 7.10. The van der Waals surface area contributed by atoms with E-state index in [2.05, 4.69) is 18.0 Å². The number of rotatable bonds is 7. The average molecular weight is 462 g/mol. The molecule has 1 aromatic heterocycles. The van der Waals surface area contributed by atoms with E-state index in [0.717, 1.165) is 47.0 Å². The zero-order chi connectivity index (χ0) is 23.8. The highest BCUT2D eigenvalue weighted by molar-refractivity contribution is 5.97. The molecule has 3 heterocycles. The molecular weight excluding hydrogens is 430 g/mol. The first-order valence-corrected chi connectivity index (χ1v) is 12.0. The Bertz CT molecular complexity index is 1230. The summed E-state index contributed by atoms with van der Waals surface area (Å²) in [7, 11) is 3.20. The molecule has 3 aromatic rings. The van der Waals surface area contributed by atoms with Crippen molar-refractivity contribution in [3.8, 4) is 11.5 Å². The summed E-state index contributed by atoms with van der Waals surface area (Å²) in [5.74, 6) is 1.23. The lowest BCUT2D eigenvalue weighted by Crippen LogP contribution is -2.63. The van der Waals surface area contributed by atoms with Crippen molar-refractivity contribution in [3.63, 3.8) is 0 Å². The maximum absolute atomic E-state index is 13.6. The number of nitrogens with zero attached hydrogens (tertiary/aromatic N) is 2. The Morgan fingerprint density at radius 1 is 1.03 bits per heavy atom. The van der Waals surface area contributed by atoms with Gasteiger partial charge in [-0.05, 0) is 35.7 Å². The number of H-pyrrole nitrogens is 1. The third-order valence-corrected chi connectivity index (χ3v) is 7.10. The number of nitrogens with one attached hydrogen (secondary N) is 1. The summed E-state index contributed by atoms with van der Waals surface area (Å²) in [4.78, 5) is 34.3. The van der Waals surface area contributed by atoms with E-state index in [0.29, 0.717) is 24.5 Å². The van der Waals surface area contributed by atoms with Crippen LogP contribution in [0.4, 0.5) is 0 Å². The Balaban J connectivity index is 1.63. The van der Waals surface area contributed by atoms with E-state index in [4.69, 9.17) is 9.47 Å². The molecule has 0 unspecified atom stereocenters. The normalized spacial score (nSPS) is 19.9. The second-order valence-corrected chi connectivity index (χ2v) is 9.07. The topological polar surface area (TPSA) is 74.9 Å². The zero-order valence-electron chi connectivity index (χ0n) is 20.0. The summed E-state index contributed by atoms with van der Waals surface area (Å²) < 4.78 is 11.0. The molecule has 178 valence electrons. The van der Waals surface area contributed by atoms with Crippen LogP contribution in [0.3, 0.4) is 0 Å². The van der Waals surface area contributed by atoms with E-state index in [1.54, 1.807) is 24.0 Å². The smallest absolute Gasteiger partial charge is 0.246 e. The second kappa shape index (κ2) is 9.05. The van der Waals surface area contributed by atoms with Gasteiger partial charge in [0.15, 0.2) is 11.5 Å². The molecule has 1 N–H and O–H groups in total. The second-order valence-electron chi connectivity index (χ2n) is 9.07. The average Bonchev–Trinajstić information content (AvgIpc) is 3.23. The Morgan fingerprint density at radius 2 is 1.82 bits per heavy atom. The molecule has 7 nitrogen and oxygen atoms in total. The SMILES string of the molecule is CCCCCN1CC(=O)N2[C@@H](c3ccc(OC)c(OC)c3)c3[nH]c4ccccc4c3C[C@H]2C1=O. The van der Waals surface area contributed by atoms with Crippen LogP contribution in [-0.2, 0) is 16.0 Å². The lowest BCUT2D eigenvalue weighted by Gasteiger charge is -2.47. The van der Waals surface area contributed by atoms with Gasteiger partial charge in [0.2, 0.25) is 11.8 Å². The van der Waals surface area contributed by atoms with E-state index < -0.39 is 12.1 Å². The van der Waals surface area contributed by atoms with Crippen LogP contribution in [0.5, 0.6) is 11.5 Å². The molecule has 2 atom stereocenters. The number of aromatic amines is 1. The maximum Gasteiger partial charge on any atom is 0.246 e. The van der Waals surface area contributed by atoms with Crippen molar-refractivity contribution in [3.05, 3.63) is 59.3 Å². The van der Waals surface area contributed by atoms with E-state index in [9.17, 15) is 9.59 Å². The molecule has 2 aliphatic heterocycles. The number of unbranched alkanes of at least 4 members (excludes halogenated alkanes) is 2. The molecule has 0 bridgehead atoms. The highest BCUT2D eigenvalue weighted by Gasteiger charge is 2.48. The molecule has 5 rings (SSSR count). The van der Waals surface area contributed by atoms with Crippen LogP contribution in [0.15, 0.2) is 42.5 Å². The van der Waals surface area contributed by atoms with Gasteiger partial charge in [-0.2, -0.15) is 0 Å². The van der Waals surface area contributed by atoms with E-state index in [1.807, 2.05) is 36.4 Å². The number of amides is 2. The third kappa shape index (κ3) is 3.59. The van der Waals surface area contributed by atoms with Gasteiger partial charge in [-0.25, -0.2) is 0 Å². The van der Waals surface area contributed by atoms with Gasteiger partial charge in [-0.3, -0.25) is 9.59 Å². The largest absolute Gasteiger partial charge is 0.493 e. The minimum Gasteiger partial charge on any atom is -0.493 e. The van der Waals surface area contributed by atoms with Gasteiger partial charge < -0.3 is 24.3 Å². The van der Waals surface area contributed by atoms with Crippen molar-refractivity contribution in [2.24, 2.45) is 0 Å². The molecule has 2 aliphatic rings. The molecule has 2 aromatic carbocycles. The number of ether oxygens (including phenoxy) is 2. The Labute approximate surface area is 199 Å². The quantitative estimate of drug-likeness (QED) is 0.539. The van der Waals surface area contributed by atoms with E-state index in [-0.39, 0.29) is 18.4 Å². The first-order valence-electron chi connectivity index (χ1n) is 12.0. The number of hydrogen-bond donors (Lipinski definition) is 1. The van der Waals surface area contributed by atoms with Gasteiger partial charge in [-0.1, -0.05) is 44.0 Å². The zero-order valence-corrected chi connectivity index (χ0v) is 20.0. The van der Waals surface area contributed by atoms with Crippen molar-refractivity contribution in [2.45, 2.75) is 44.7 Å². The monoisotopic (exact) mass is 461 g/mol. The number of carbonyl (C=O) groups is 2. The van der Waals surface area contributed by atoms with Crippen molar-refractivity contribution < 1.29 is 19.1 Å². The van der Waals surface area contributed by atoms with Gasteiger partial charge in [-0.15, -0.1) is 0 Å². The summed E-state index contributed by atoms with van der Waals surface area (Å²) in [5, 5.41) is 1.10. The van der Waals surface area contributed by atoms with Crippen molar-refractivity contribution in [1.29, 1.82) is 0 Å². The molecule has 7 heteroatoms. The van der Waals surface area contributed by atoms with Gasteiger partial charge in [0.25, 0.3) is 0 Å². The minimum absolute atomic E-state index is 0.0230. The standard InChI is InChI=1S/C27H31N3O4/c1-4-5-8-13-29-16-24(31)30-21(27(29)32)15-19-18-9-6-7-10-20(18)28-25(19)26(30)17-11-12-22(33-2)23(14-17)34-3/h6-7,9-12,14,21,26,28H,4-5,8,13,15-16H2,1-3H3/t21-,26-/m0/s1. The predicted octanol–water partition coefficient (Wildman–Crippen LogP) is 4.06. The predicted molar refractivity (Wildman–Crippen MR) is 130 cm³/mol. The summed E-state index contributed by atoms with van der Waals surface area (Å²) in [5.41, 5.74) is 3.96. The molecule has 34 heavy (non-hydrogen) atoms. The maximum atomic E-state index is 13.6. The summed E-state index contributed by atoms with van der Waals surface area (Å²) in [6, 6.07) is 12.9. The van der Waals surface area contributed by atoms with Crippen LogP contribution in [0.25, 0.3) is 10.9 Å². The molecule has 1 fully saturated rings. The van der Waals surface area contributed by atoms with Crippen LogP contribution in [0.1, 0.15) is 49.0 Å². The Morgan fingerprint density at radius 3 is 2.59 bits per heavy atom. The van der Waals surface area contributed by atoms with Gasteiger partial charge in [0, 0.05) is 29.6 Å². The van der Waals surface area contributed by atoms with Crippen LogP contribution in [-0.4, -0.2) is 59.9 Å². The highest BCUT2D eigenvalue weighted by atomic mass is 16.5. The fourth-order valence-corrected chi connectivity index (χ4v) is 5.43. The fourth-order valence-electron chi connectivity index (χ4n) is 5.43. The van der Waals surface area contributed by atoms with E-state index >= 15 is 0 Å². The molecule has 0 aliphatic carbocycles. The summed E-state index contributed by atoms with van der Waals surface area (Å²) in [6.07, 6.45) is 3.55. The number of benzene rings is 2. The number of aromatic nitrogens is 1. The van der Waals surface area contributed by atoms with Crippen LogP contribution < -0.4 is 9.47 Å². The number of methoxy groups -OCH3 is 2. The molecule has 2 amide bonds. The van der Waals surface area contributed by atoms with Gasteiger partial charge in [0.1, 0.15) is 6.04 Å². The number of piperazine rings is 1. The Kier molecular flexibility index (Phi) is 5.94. The molecular formula is C27H31N3O4. The Hall–Kier alpha value is -3.48. The van der Waals surface area contributed by atoms with Crippen molar-refractivity contribution >= 4 is 22.7 Å². The summed E-state index contributed by atoms with van der Waals surface area (Å²) in [6.45, 7) is 2.89. The number of para-hydroxylation sites is 1. The molecule has 0 saturated carbocycles. The minimum atomic E-state index is -0.521. The van der Waals surface area contributed by atoms with Crippen LogP contribution >= 0.6 is 0 Å². The highest BCUT2D eigenvalue weighted by Crippen LogP contribution is 2.44. The van der Waals surface area contributed by atoms with Crippen LogP contribution in [0.2, 0.25) is 0 Å².